The molecule has 2 rings (SSSR count). The van der Waals surface area contributed by atoms with E-state index in [-0.39, 0.29) is 23.1 Å². The van der Waals surface area contributed by atoms with Crippen molar-refractivity contribution >= 4 is 17.5 Å². The fraction of sp³-hybridized carbons (Fsp3) is 0.235. The Bertz CT molecular complexity index is 634. The molecule has 0 radical (unpaired) electrons. The summed E-state index contributed by atoms with van der Waals surface area (Å²) in [5.74, 6) is -1.06. The van der Waals surface area contributed by atoms with Crippen LogP contribution in [-0.2, 0) is 0 Å². The number of carbonyl (C=O) groups excluding carboxylic acids is 1. The third-order valence-corrected chi connectivity index (χ3v) is 3.84. The van der Waals surface area contributed by atoms with Crippen LogP contribution < -0.4 is 5.32 Å². The molecule has 0 aliphatic rings. The number of benzene rings is 2. The molecule has 2 aromatic rings. The molecule has 116 valence electrons. The molecule has 0 aliphatic heterocycles. The molecule has 0 heterocycles. The van der Waals surface area contributed by atoms with Gasteiger partial charge in [0.15, 0.2) is 0 Å². The van der Waals surface area contributed by atoms with Gasteiger partial charge >= 0.3 is 0 Å². The van der Waals surface area contributed by atoms with E-state index >= 15 is 0 Å². The van der Waals surface area contributed by atoms with Gasteiger partial charge in [-0.25, -0.2) is 4.39 Å². The van der Waals surface area contributed by atoms with Crippen molar-refractivity contribution in [1.82, 2.24) is 5.32 Å². The van der Waals surface area contributed by atoms with E-state index in [1.165, 1.54) is 18.2 Å². The Balaban J connectivity index is 2.06. The van der Waals surface area contributed by atoms with E-state index in [9.17, 15) is 14.3 Å². The lowest BCUT2D eigenvalue weighted by molar-refractivity contribution is 0.0949. The SMILES string of the molecule is O=C(NCC(CCO)c1ccccc1)c1cccc(F)c1Cl. The normalized spacial score (nSPS) is 12.0. The molecule has 2 aromatic carbocycles. The van der Waals surface area contributed by atoms with Gasteiger partial charge in [0.2, 0.25) is 0 Å². The topological polar surface area (TPSA) is 49.3 Å². The Hall–Kier alpha value is -1.91. The minimum atomic E-state index is -0.621. The maximum Gasteiger partial charge on any atom is 0.252 e. The minimum absolute atomic E-state index is 0.0116. The van der Waals surface area contributed by atoms with Gasteiger partial charge < -0.3 is 10.4 Å². The van der Waals surface area contributed by atoms with E-state index in [1.54, 1.807) is 0 Å². The van der Waals surface area contributed by atoms with Crippen LogP contribution in [-0.4, -0.2) is 24.2 Å². The van der Waals surface area contributed by atoms with Crippen LogP contribution >= 0.6 is 11.6 Å². The van der Waals surface area contributed by atoms with Crippen molar-refractivity contribution < 1.29 is 14.3 Å². The first-order valence-corrected chi connectivity index (χ1v) is 7.39. The number of halogens is 2. The molecular formula is C17H17ClFNO2. The van der Waals surface area contributed by atoms with E-state index in [0.717, 1.165) is 5.56 Å². The van der Waals surface area contributed by atoms with Crippen molar-refractivity contribution in [3.63, 3.8) is 0 Å². The maximum absolute atomic E-state index is 13.4. The molecule has 2 N–H and O–H groups in total. The van der Waals surface area contributed by atoms with Crippen LogP contribution in [0.25, 0.3) is 0 Å². The van der Waals surface area contributed by atoms with Crippen molar-refractivity contribution in [3.8, 4) is 0 Å². The summed E-state index contributed by atoms with van der Waals surface area (Å²) in [7, 11) is 0. The molecule has 0 saturated carbocycles. The Kier molecular flexibility index (Phi) is 5.92. The van der Waals surface area contributed by atoms with E-state index in [1.807, 2.05) is 30.3 Å². The smallest absolute Gasteiger partial charge is 0.252 e. The van der Waals surface area contributed by atoms with Crippen molar-refractivity contribution in [2.45, 2.75) is 12.3 Å². The van der Waals surface area contributed by atoms with Crippen molar-refractivity contribution in [2.24, 2.45) is 0 Å². The zero-order valence-electron chi connectivity index (χ0n) is 11.9. The van der Waals surface area contributed by atoms with Gasteiger partial charge in [-0.2, -0.15) is 0 Å². The fourth-order valence-electron chi connectivity index (χ4n) is 2.26. The van der Waals surface area contributed by atoms with Crippen molar-refractivity contribution in [3.05, 3.63) is 70.5 Å². The molecule has 0 spiro atoms. The van der Waals surface area contributed by atoms with Crippen LogP contribution in [0.1, 0.15) is 28.3 Å². The molecule has 0 saturated heterocycles. The Morgan fingerprint density at radius 3 is 2.59 bits per heavy atom. The average molecular weight is 322 g/mol. The predicted molar refractivity (Wildman–Crippen MR) is 84.6 cm³/mol. The minimum Gasteiger partial charge on any atom is -0.396 e. The highest BCUT2D eigenvalue weighted by molar-refractivity contribution is 6.34. The highest BCUT2D eigenvalue weighted by Crippen LogP contribution is 2.21. The molecule has 1 atom stereocenters. The zero-order chi connectivity index (χ0) is 15.9. The quantitative estimate of drug-likeness (QED) is 0.857. The number of carbonyl (C=O) groups is 1. The first-order chi connectivity index (χ1) is 10.6. The van der Waals surface area contributed by atoms with Gasteiger partial charge in [0.05, 0.1) is 10.6 Å². The number of amides is 1. The first kappa shape index (κ1) is 16.5. The predicted octanol–water partition coefficient (Wildman–Crippen LogP) is 3.38. The van der Waals surface area contributed by atoms with Crippen LogP contribution in [0.4, 0.5) is 4.39 Å². The Morgan fingerprint density at radius 2 is 1.91 bits per heavy atom. The monoisotopic (exact) mass is 321 g/mol. The summed E-state index contributed by atoms with van der Waals surface area (Å²) in [5.41, 5.74) is 1.14. The standard InChI is InChI=1S/C17H17ClFNO2/c18-16-14(7-4-8-15(16)19)17(22)20-11-13(9-10-21)12-5-2-1-3-6-12/h1-8,13,21H,9-11H2,(H,20,22). The summed E-state index contributed by atoms with van der Waals surface area (Å²) in [6.07, 6.45) is 0.529. The summed E-state index contributed by atoms with van der Waals surface area (Å²) in [6, 6.07) is 13.7. The third-order valence-electron chi connectivity index (χ3n) is 3.45. The molecule has 1 unspecified atom stereocenters. The summed E-state index contributed by atoms with van der Waals surface area (Å²) >= 11 is 5.81. The summed E-state index contributed by atoms with van der Waals surface area (Å²) in [4.78, 5) is 12.1. The summed E-state index contributed by atoms with van der Waals surface area (Å²) < 4.78 is 13.4. The van der Waals surface area contributed by atoms with E-state index < -0.39 is 11.7 Å². The van der Waals surface area contributed by atoms with Crippen LogP contribution in [0.2, 0.25) is 5.02 Å². The van der Waals surface area contributed by atoms with Gasteiger partial charge in [-0.1, -0.05) is 48.0 Å². The van der Waals surface area contributed by atoms with Crippen LogP contribution in [0.5, 0.6) is 0 Å². The molecule has 0 aromatic heterocycles. The average Bonchev–Trinajstić information content (AvgIpc) is 2.54. The first-order valence-electron chi connectivity index (χ1n) is 7.01. The molecule has 3 nitrogen and oxygen atoms in total. The van der Waals surface area contributed by atoms with E-state index in [2.05, 4.69) is 5.32 Å². The van der Waals surface area contributed by atoms with Crippen LogP contribution in [0, 0.1) is 5.82 Å². The van der Waals surface area contributed by atoms with Crippen molar-refractivity contribution in [2.75, 3.05) is 13.2 Å². The number of rotatable bonds is 6. The maximum atomic E-state index is 13.4. The number of hydrogen-bond donors (Lipinski definition) is 2. The Morgan fingerprint density at radius 1 is 1.18 bits per heavy atom. The van der Waals surface area contributed by atoms with Crippen LogP contribution in [0.3, 0.4) is 0 Å². The van der Waals surface area contributed by atoms with Gasteiger partial charge in [-0.05, 0) is 24.1 Å². The number of aliphatic hydroxyl groups is 1. The van der Waals surface area contributed by atoms with Gasteiger partial charge in [0.25, 0.3) is 5.91 Å². The molecule has 0 bridgehead atoms. The second-order valence-electron chi connectivity index (χ2n) is 4.93. The highest BCUT2D eigenvalue weighted by atomic mass is 35.5. The lowest BCUT2D eigenvalue weighted by Crippen LogP contribution is -2.29. The third kappa shape index (κ3) is 4.06. The lowest BCUT2D eigenvalue weighted by Gasteiger charge is -2.17. The fourth-order valence-corrected chi connectivity index (χ4v) is 2.47. The van der Waals surface area contributed by atoms with E-state index in [4.69, 9.17) is 11.6 Å². The second-order valence-corrected chi connectivity index (χ2v) is 5.31. The van der Waals surface area contributed by atoms with Crippen molar-refractivity contribution in [1.29, 1.82) is 0 Å². The van der Waals surface area contributed by atoms with Crippen LogP contribution in [0.15, 0.2) is 48.5 Å². The van der Waals surface area contributed by atoms with Gasteiger partial charge in [0, 0.05) is 19.1 Å². The number of nitrogens with one attached hydrogen (secondary N) is 1. The molecule has 0 aliphatic carbocycles. The second kappa shape index (κ2) is 7.92. The van der Waals surface area contributed by atoms with Gasteiger partial charge in [-0.3, -0.25) is 4.79 Å². The largest absolute Gasteiger partial charge is 0.396 e. The van der Waals surface area contributed by atoms with Gasteiger partial charge in [0.1, 0.15) is 5.82 Å². The molecular weight excluding hydrogens is 305 g/mol. The number of hydrogen-bond acceptors (Lipinski definition) is 2. The zero-order valence-corrected chi connectivity index (χ0v) is 12.7. The summed E-state index contributed by atoms with van der Waals surface area (Å²) in [5, 5.41) is 11.7. The highest BCUT2D eigenvalue weighted by Gasteiger charge is 2.16. The lowest BCUT2D eigenvalue weighted by atomic mass is 9.96. The van der Waals surface area contributed by atoms with Gasteiger partial charge in [-0.15, -0.1) is 0 Å². The van der Waals surface area contributed by atoms with E-state index in [0.29, 0.717) is 13.0 Å². The number of aliphatic hydroxyl groups excluding tert-OH is 1. The molecule has 22 heavy (non-hydrogen) atoms. The molecule has 5 heteroatoms. The Labute approximate surface area is 133 Å². The molecule has 0 fully saturated rings. The summed E-state index contributed by atoms with van der Waals surface area (Å²) in [6.45, 7) is 0.367. The molecule has 1 amide bonds.